The van der Waals surface area contributed by atoms with E-state index < -0.39 is 0 Å². The topological polar surface area (TPSA) is 58.9 Å². The Balaban J connectivity index is 1.26. The standard InChI is InChI=1S/C17H24N6/c1-22-15(6-7-19-22)10-18-9-13-11-23(12-13)17-8-14-4-2-3-5-16(14)20-21-17/h6-8,13,18H,2-5,9-12H2,1H3. The van der Waals surface area contributed by atoms with E-state index >= 15 is 0 Å². The van der Waals surface area contributed by atoms with Crippen LogP contribution in [0.3, 0.4) is 0 Å². The molecule has 0 spiro atoms. The molecule has 3 heterocycles. The van der Waals surface area contributed by atoms with Crippen LogP contribution in [0.5, 0.6) is 0 Å². The third-order valence-electron chi connectivity index (χ3n) is 5.00. The number of anilines is 1. The van der Waals surface area contributed by atoms with E-state index in [1.54, 1.807) is 0 Å². The Morgan fingerprint density at radius 2 is 2.09 bits per heavy atom. The third kappa shape index (κ3) is 3.08. The molecule has 0 saturated carbocycles. The number of aryl methyl sites for hydroxylation is 3. The zero-order valence-corrected chi connectivity index (χ0v) is 13.7. The molecule has 0 radical (unpaired) electrons. The molecule has 0 atom stereocenters. The van der Waals surface area contributed by atoms with Gasteiger partial charge in [-0.3, -0.25) is 4.68 Å². The summed E-state index contributed by atoms with van der Waals surface area (Å²) in [7, 11) is 1.98. The Kier molecular flexibility index (Phi) is 3.99. The lowest BCUT2D eigenvalue weighted by molar-refractivity contribution is 0.379. The van der Waals surface area contributed by atoms with Gasteiger partial charge in [-0.25, -0.2) is 0 Å². The molecule has 2 aliphatic rings. The minimum atomic E-state index is 0.695. The van der Waals surface area contributed by atoms with Crippen molar-refractivity contribution in [2.75, 3.05) is 24.5 Å². The highest BCUT2D eigenvalue weighted by Gasteiger charge is 2.28. The Labute approximate surface area is 136 Å². The van der Waals surface area contributed by atoms with Crippen molar-refractivity contribution in [3.63, 3.8) is 0 Å². The predicted octanol–water partition coefficient (Wildman–Crippen LogP) is 1.31. The maximum Gasteiger partial charge on any atom is 0.151 e. The van der Waals surface area contributed by atoms with Gasteiger partial charge in [0.25, 0.3) is 0 Å². The molecular weight excluding hydrogens is 288 g/mol. The van der Waals surface area contributed by atoms with Gasteiger partial charge in [-0.1, -0.05) is 0 Å². The highest BCUT2D eigenvalue weighted by molar-refractivity contribution is 5.44. The van der Waals surface area contributed by atoms with Gasteiger partial charge in [-0.05, 0) is 43.4 Å². The van der Waals surface area contributed by atoms with Gasteiger partial charge in [-0.15, -0.1) is 5.10 Å². The number of hydrogen-bond acceptors (Lipinski definition) is 5. The number of nitrogens with one attached hydrogen (secondary N) is 1. The van der Waals surface area contributed by atoms with Crippen LogP contribution in [-0.4, -0.2) is 39.6 Å². The highest BCUT2D eigenvalue weighted by atomic mass is 15.3. The number of fused-ring (bicyclic) bond motifs is 1. The lowest BCUT2D eigenvalue weighted by atomic mass is 9.95. The first-order valence-electron chi connectivity index (χ1n) is 8.57. The van der Waals surface area contributed by atoms with E-state index in [-0.39, 0.29) is 0 Å². The summed E-state index contributed by atoms with van der Waals surface area (Å²) in [5.74, 6) is 1.76. The van der Waals surface area contributed by atoms with Crippen LogP contribution in [0.25, 0.3) is 0 Å². The van der Waals surface area contributed by atoms with Crippen LogP contribution in [0, 0.1) is 5.92 Å². The molecule has 0 bridgehead atoms. The molecule has 0 aromatic carbocycles. The Bertz CT molecular complexity index is 673. The first-order valence-corrected chi connectivity index (χ1v) is 8.57. The monoisotopic (exact) mass is 312 g/mol. The minimum Gasteiger partial charge on any atom is -0.354 e. The molecule has 2 aromatic heterocycles. The normalized spacial score (nSPS) is 17.9. The molecule has 2 aromatic rings. The summed E-state index contributed by atoms with van der Waals surface area (Å²) in [5.41, 5.74) is 3.86. The van der Waals surface area contributed by atoms with Crippen molar-refractivity contribution in [1.82, 2.24) is 25.3 Å². The smallest absolute Gasteiger partial charge is 0.151 e. The lowest BCUT2D eigenvalue weighted by Gasteiger charge is -2.40. The summed E-state index contributed by atoms with van der Waals surface area (Å²) in [6, 6.07) is 4.32. The fraction of sp³-hybridized carbons (Fsp3) is 0.588. The molecule has 6 nitrogen and oxygen atoms in total. The zero-order chi connectivity index (χ0) is 15.6. The van der Waals surface area contributed by atoms with Crippen LogP contribution in [0.15, 0.2) is 18.3 Å². The van der Waals surface area contributed by atoms with Gasteiger partial charge in [0.1, 0.15) is 0 Å². The van der Waals surface area contributed by atoms with Gasteiger partial charge in [0.2, 0.25) is 0 Å². The molecule has 1 saturated heterocycles. The molecular formula is C17H24N6. The van der Waals surface area contributed by atoms with E-state index in [0.29, 0.717) is 5.92 Å². The largest absolute Gasteiger partial charge is 0.354 e. The van der Waals surface area contributed by atoms with E-state index in [9.17, 15) is 0 Å². The van der Waals surface area contributed by atoms with E-state index in [1.807, 2.05) is 17.9 Å². The van der Waals surface area contributed by atoms with Crippen molar-refractivity contribution in [3.05, 3.63) is 35.3 Å². The van der Waals surface area contributed by atoms with Gasteiger partial charge in [-0.2, -0.15) is 10.2 Å². The summed E-state index contributed by atoms with van der Waals surface area (Å²) >= 11 is 0. The quantitative estimate of drug-likeness (QED) is 0.902. The summed E-state index contributed by atoms with van der Waals surface area (Å²) < 4.78 is 1.92. The van der Waals surface area contributed by atoms with E-state index in [1.165, 1.54) is 36.2 Å². The fourth-order valence-electron chi connectivity index (χ4n) is 3.50. The summed E-state index contributed by atoms with van der Waals surface area (Å²) in [4.78, 5) is 2.35. The van der Waals surface area contributed by atoms with E-state index in [2.05, 4.69) is 37.6 Å². The highest BCUT2D eigenvalue weighted by Crippen LogP contribution is 2.26. The summed E-state index contributed by atoms with van der Waals surface area (Å²) in [6.45, 7) is 4.07. The van der Waals surface area contributed by atoms with Gasteiger partial charge in [0.05, 0.1) is 11.4 Å². The molecule has 23 heavy (non-hydrogen) atoms. The molecule has 6 heteroatoms. The van der Waals surface area contributed by atoms with Crippen LogP contribution in [-0.2, 0) is 26.4 Å². The average molecular weight is 312 g/mol. The summed E-state index contributed by atoms with van der Waals surface area (Å²) in [5, 5.41) is 16.6. The maximum atomic E-state index is 4.44. The van der Waals surface area contributed by atoms with Crippen molar-refractivity contribution >= 4 is 5.82 Å². The van der Waals surface area contributed by atoms with Crippen LogP contribution in [0.1, 0.15) is 29.8 Å². The number of nitrogens with zero attached hydrogens (tertiary/aromatic N) is 5. The Hall–Kier alpha value is -1.95. The molecule has 122 valence electrons. The zero-order valence-electron chi connectivity index (χ0n) is 13.7. The SMILES string of the molecule is Cn1nccc1CNCC1CN(c2cc3c(nn2)CCCC3)C1. The first-order chi connectivity index (χ1) is 11.3. The van der Waals surface area contributed by atoms with Crippen LogP contribution >= 0.6 is 0 Å². The third-order valence-corrected chi connectivity index (χ3v) is 5.00. The molecule has 1 N–H and O–H groups in total. The predicted molar refractivity (Wildman–Crippen MR) is 89.3 cm³/mol. The van der Waals surface area contributed by atoms with Crippen LogP contribution < -0.4 is 10.2 Å². The van der Waals surface area contributed by atoms with Gasteiger partial charge >= 0.3 is 0 Å². The Morgan fingerprint density at radius 3 is 2.91 bits per heavy atom. The Morgan fingerprint density at radius 1 is 1.22 bits per heavy atom. The molecule has 0 unspecified atom stereocenters. The number of rotatable bonds is 5. The van der Waals surface area contributed by atoms with Gasteiger partial charge in [0.15, 0.2) is 5.82 Å². The van der Waals surface area contributed by atoms with Crippen LogP contribution in [0.4, 0.5) is 5.82 Å². The van der Waals surface area contributed by atoms with Crippen molar-refractivity contribution in [2.45, 2.75) is 32.2 Å². The van der Waals surface area contributed by atoms with Crippen molar-refractivity contribution < 1.29 is 0 Å². The first kappa shape index (κ1) is 14.6. The fourth-order valence-corrected chi connectivity index (χ4v) is 3.50. The lowest BCUT2D eigenvalue weighted by Crippen LogP contribution is -2.51. The minimum absolute atomic E-state index is 0.695. The maximum absolute atomic E-state index is 4.44. The van der Waals surface area contributed by atoms with Crippen molar-refractivity contribution in [2.24, 2.45) is 13.0 Å². The number of hydrogen-bond donors (Lipinski definition) is 1. The number of aromatic nitrogens is 4. The second kappa shape index (κ2) is 6.28. The van der Waals surface area contributed by atoms with Gasteiger partial charge in [0, 0.05) is 45.3 Å². The van der Waals surface area contributed by atoms with Crippen molar-refractivity contribution in [1.29, 1.82) is 0 Å². The molecule has 0 amide bonds. The van der Waals surface area contributed by atoms with Crippen molar-refractivity contribution in [3.8, 4) is 0 Å². The second-order valence-corrected chi connectivity index (χ2v) is 6.73. The van der Waals surface area contributed by atoms with E-state index in [4.69, 9.17) is 0 Å². The molecule has 1 aliphatic carbocycles. The summed E-state index contributed by atoms with van der Waals surface area (Å²) in [6.07, 6.45) is 6.66. The molecule has 1 fully saturated rings. The van der Waals surface area contributed by atoms with Crippen LogP contribution in [0.2, 0.25) is 0 Å². The van der Waals surface area contributed by atoms with E-state index in [0.717, 1.165) is 38.4 Å². The molecule has 4 rings (SSSR count). The second-order valence-electron chi connectivity index (χ2n) is 6.73. The van der Waals surface area contributed by atoms with Gasteiger partial charge < -0.3 is 10.2 Å². The average Bonchev–Trinajstić information content (AvgIpc) is 2.94. The molecule has 1 aliphatic heterocycles.